The van der Waals surface area contributed by atoms with Crippen LogP contribution in [0.5, 0.6) is 0 Å². The van der Waals surface area contributed by atoms with Gasteiger partial charge in [0.25, 0.3) is 0 Å². The molecule has 0 radical (unpaired) electrons. The predicted octanol–water partition coefficient (Wildman–Crippen LogP) is 3.68. The molecule has 1 N–H and O–H groups in total. The second-order valence-corrected chi connectivity index (χ2v) is 6.63. The Morgan fingerprint density at radius 3 is 2.87 bits per heavy atom. The number of hydrogen-bond donors (Lipinski definition) is 1. The largest absolute Gasteiger partial charge is 0.445 e. The first-order valence-corrected chi connectivity index (χ1v) is 8.26. The van der Waals surface area contributed by atoms with Crippen LogP contribution in [0.4, 0.5) is 18.3 Å². The molecule has 0 bridgehead atoms. The van der Waals surface area contributed by atoms with Crippen LogP contribution in [-0.2, 0) is 19.1 Å². The summed E-state index contributed by atoms with van der Waals surface area (Å²) in [7, 11) is 0. The zero-order valence-electron chi connectivity index (χ0n) is 12.0. The third-order valence-electron chi connectivity index (χ3n) is 3.66. The molecule has 0 amide bonds. The average molecular weight is 363 g/mol. The van der Waals surface area contributed by atoms with Crippen molar-refractivity contribution in [3.05, 3.63) is 39.4 Å². The molecular weight excluding hydrogens is 349 g/mol. The van der Waals surface area contributed by atoms with Gasteiger partial charge >= 0.3 is 6.18 Å². The van der Waals surface area contributed by atoms with Crippen molar-refractivity contribution in [2.45, 2.75) is 19.1 Å². The number of fused-ring (bicyclic) bond motifs is 1. The Balaban J connectivity index is 1.51. The Labute approximate surface area is 140 Å². The zero-order chi connectivity index (χ0) is 16.4. The van der Waals surface area contributed by atoms with Crippen molar-refractivity contribution < 1.29 is 13.2 Å². The van der Waals surface area contributed by atoms with Gasteiger partial charge in [-0.3, -0.25) is 4.90 Å². The van der Waals surface area contributed by atoms with Crippen molar-refractivity contribution in [2.24, 2.45) is 0 Å². The van der Waals surface area contributed by atoms with Gasteiger partial charge in [0.15, 0.2) is 0 Å². The van der Waals surface area contributed by atoms with Gasteiger partial charge in [0.1, 0.15) is 0 Å². The van der Waals surface area contributed by atoms with Crippen LogP contribution in [0.15, 0.2) is 18.2 Å². The van der Waals surface area contributed by atoms with Crippen LogP contribution in [0, 0.1) is 0 Å². The second-order valence-electron chi connectivity index (χ2n) is 5.24. The maximum absolute atomic E-state index is 12.4. The summed E-state index contributed by atoms with van der Waals surface area (Å²) in [5.74, 6) is 0. The van der Waals surface area contributed by atoms with Gasteiger partial charge in [-0.25, -0.2) is 0 Å². The van der Waals surface area contributed by atoms with Gasteiger partial charge in [0, 0.05) is 31.2 Å². The van der Waals surface area contributed by atoms with E-state index in [-0.39, 0.29) is 5.13 Å². The number of halogens is 4. The normalized spacial score (nSPS) is 15.5. The van der Waals surface area contributed by atoms with E-state index in [1.807, 2.05) is 12.1 Å². The molecule has 1 aliphatic rings. The van der Waals surface area contributed by atoms with E-state index in [0.29, 0.717) is 24.4 Å². The highest BCUT2D eigenvalue weighted by molar-refractivity contribution is 7.15. The molecule has 1 aromatic carbocycles. The van der Waals surface area contributed by atoms with Gasteiger partial charge in [-0.15, -0.1) is 10.2 Å². The van der Waals surface area contributed by atoms with Crippen molar-refractivity contribution in [3.8, 4) is 0 Å². The Morgan fingerprint density at radius 1 is 1.30 bits per heavy atom. The minimum Gasteiger partial charge on any atom is -0.359 e. The van der Waals surface area contributed by atoms with Gasteiger partial charge < -0.3 is 5.32 Å². The molecule has 1 aliphatic heterocycles. The van der Waals surface area contributed by atoms with Crippen LogP contribution in [0.3, 0.4) is 0 Å². The predicted molar refractivity (Wildman–Crippen MR) is 83.8 cm³/mol. The highest BCUT2D eigenvalue weighted by atomic mass is 35.5. The van der Waals surface area contributed by atoms with E-state index >= 15 is 0 Å². The van der Waals surface area contributed by atoms with Gasteiger partial charge in [-0.1, -0.05) is 35.1 Å². The molecule has 2 aromatic rings. The lowest BCUT2D eigenvalue weighted by molar-refractivity contribution is -0.138. The minimum absolute atomic E-state index is 0.192. The lowest BCUT2D eigenvalue weighted by Crippen LogP contribution is -2.34. The van der Waals surface area contributed by atoms with Crippen molar-refractivity contribution in [1.29, 1.82) is 0 Å². The number of alkyl halides is 3. The first kappa shape index (κ1) is 16.5. The molecule has 0 spiro atoms. The van der Waals surface area contributed by atoms with E-state index in [1.54, 1.807) is 0 Å². The zero-order valence-corrected chi connectivity index (χ0v) is 13.6. The summed E-state index contributed by atoms with van der Waals surface area (Å²) in [4.78, 5) is 2.23. The first-order valence-electron chi connectivity index (χ1n) is 7.06. The number of benzene rings is 1. The molecule has 0 atom stereocenters. The van der Waals surface area contributed by atoms with Crippen molar-refractivity contribution in [2.75, 3.05) is 25.0 Å². The topological polar surface area (TPSA) is 41.1 Å². The summed E-state index contributed by atoms with van der Waals surface area (Å²) >= 11 is 6.70. The van der Waals surface area contributed by atoms with E-state index in [4.69, 9.17) is 11.6 Å². The molecule has 0 unspecified atom stereocenters. The van der Waals surface area contributed by atoms with Crippen molar-refractivity contribution >= 4 is 28.1 Å². The number of hydrogen-bond acceptors (Lipinski definition) is 5. The van der Waals surface area contributed by atoms with Gasteiger partial charge in [-0.2, -0.15) is 13.2 Å². The van der Waals surface area contributed by atoms with Crippen LogP contribution in [0.25, 0.3) is 0 Å². The number of nitrogens with one attached hydrogen (secondary N) is 1. The van der Waals surface area contributed by atoms with Gasteiger partial charge in [0.2, 0.25) is 10.1 Å². The second kappa shape index (κ2) is 6.62. The van der Waals surface area contributed by atoms with Crippen LogP contribution in [-0.4, -0.2) is 34.7 Å². The smallest absolute Gasteiger partial charge is 0.359 e. The molecular formula is C14H14ClF3N4S. The molecule has 4 nitrogen and oxygen atoms in total. The minimum atomic E-state index is -4.44. The van der Waals surface area contributed by atoms with Gasteiger partial charge in [-0.05, 0) is 23.6 Å². The lowest BCUT2D eigenvalue weighted by atomic mass is 10.00. The third kappa shape index (κ3) is 3.94. The summed E-state index contributed by atoms with van der Waals surface area (Å²) in [5, 5.41) is 9.62. The molecule has 0 fully saturated rings. The number of aromatic nitrogens is 2. The SMILES string of the molecule is FC(F)(F)c1nnc(NCCN2CCc3c(Cl)cccc3C2)s1. The summed E-state index contributed by atoms with van der Waals surface area (Å²) < 4.78 is 37.3. The first-order chi connectivity index (χ1) is 10.9. The Morgan fingerprint density at radius 2 is 2.13 bits per heavy atom. The number of rotatable bonds is 4. The van der Waals surface area contributed by atoms with E-state index in [2.05, 4.69) is 26.5 Å². The highest BCUT2D eigenvalue weighted by Crippen LogP contribution is 2.33. The van der Waals surface area contributed by atoms with Crippen LogP contribution in [0.1, 0.15) is 16.1 Å². The molecule has 124 valence electrons. The molecule has 0 saturated heterocycles. The summed E-state index contributed by atoms with van der Waals surface area (Å²) in [5.41, 5.74) is 2.40. The fourth-order valence-corrected chi connectivity index (χ4v) is 3.47. The molecule has 3 rings (SSSR count). The fourth-order valence-electron chi connectivity index (χ4n) is 2.54. The monoisotopic (exact) mass is 362 g/mol. The van der Waals surface area contributed by atoms with E-state index in [9.17, 15) is 13.2 Å². The quantitative estimate of drug-likeness (QED) is 0.900. The van der Waals surface area contributed by atoms with Crippen LogP contribution >= 0.6 is 22.9 Å². The van der Waals surface area contributed by atoms with Crippen LogP contribution in [0.2, 0.25) is 5.02 Å². The Bertz CT molecular complexity index is 689. The molecule has 9 heteroatoms. The summed E-state index contributed by atoms with van der Waals surface area (Å²) in [6, 6.07) is 5.88. The number of anilines is 1. The standard InChI is InChI=1S/C14H14ClF3N4S/c15-11-3-1-2-9-8-22(6-4-10(9)11)7-5-19-13-21-20-12(23-13)14(16,17)18/h1-3H,4-8H2,(H,19,21). The van der Waals surface area contributed by atoms with Crippen molar-refractivity contribution in [3.63, 3.8) is 0 Å². The third-order valence-corrected chi connectivity index (χ3v) is 4.94. The maximum Gasteiger partial charge on any atom is 0.445 e. The van der Waals surface area contributed by atoms with Crippen LogP contribution < -0.4 is 5.32 Å². The molecule has 0 saturated carbocycles. The molecule has 23 heavy (non-hydrogen) atoms. The van der Waals surface area contributed by atoms with E-state index in [0.717, 1.165) is 24.5 Å². The average Bonchev–Trinajstić information content (AvgIpc) is 2.96. The molecule has 2 heterocycles. The lowest BCUT2D eigenvalue weighted by Gasteiger charge is -2.29. The van der Waals surface area contributed by atoms with Crippen molar-refractivity contribution in [1.82, 2.24) is 15.1 Å². The maximum atomic E-state index is 12.4. The van der Waals surface area contributed by atoms with Gasteiger partial charge in [0.05, 0.1) is 0 Å². The summed E-state index contributed by atoms with van der Waals surface area (Å²) in [6.07, 6.45) is -3.56. The Kier molecular flexibility index (Phi) is 4.74. The molecule has 1 aromatic heterocycles. The summed E-state index contributed by atoms with van der Waals surface area (Å²) in [6.45, 7) is 2.90. The molecule has 0 aliphatic carbocycles. The van der Waals surface area contributed by atoms with E-state index in [1.165, 1.54) is 11.1 Å². The highest BCUT2D eigenvalue weighted by Gasteiger charge is 2.35. The van der Waals surface area contributed by atoms with E-state index < -0.39 is 11.2 Å². The fraction of sp³-hybridized carbons (Fsp3) is 0.429. The number of nitrogens with zero attached hydrogens (tertiary/aromatic N) is 3. The Hall–Kier alpha value is -1.38.